The van der Waals surface area contributed by atoms with E-state index in [1.165, 1.54) is 6.92 Å². The molecule has 0 spiro atoms. The molecular formula is C23H21N3O3. The van der Waals surface area contributed by atoms with Crippen molar-refractivity contribution in [2.24, 2.45) is 0 Å². The maximum Gasteiger partial charge on any atom is 0.257 e. The molecule has 2 amide bonds. The predicted molar refractivity (Wildman–Crippen MR) is 114 cm³/mol. The van der Waals surface area contributed by atoms with Crippen LogP contribution in [0.25, 0.3) is 0 Å². The van der Waals surface area contributed by atoms with Crippen molar-refractivity contribution in [2.45, 2.75) is 6.92 Å². The van der Waals surface area contributed by atoms with E-state index in [9.17, 15) is 14.4 Å². The third kappa shape index (κ3) is 5.29. The van der Waals surface area contributed by atoms with E-state index < -0.39 is 0 Å². The number of carbonyl (C=O) groups excluding carboxylic acids is 3. The van der Waals surface area contributed by atoms with E-state index in [2.05, 4.69) is 16.0 Å². The maximum atomic E-state index is 12.6. The smallest absolute Gasteiger partial charge is 0.257 e. The molecule has 0 radical (unpaired) electrons. The molecule has 0 unspecified atom stereocenters. The van der Waals surface area contributed by atoms with Crippen molar-refractivity contribution in [1.82, 2.24) is 0 Å². The Bertz CT molecular complexity index is 1030. The second-order valence-corrected chi connectivity index (χ2v) is 6.37. The number of Topliss-reactive ketones (excluding diaryl/α,β-unsaturated/α-hetero) is 1. The molecule has 0 fully saturated rings. The van der Waals surface area contributed by atoms with Crippen molar-refractivity contribution >= 4 is 34.7 Å². The van der Waals surface area contributed by atoms with Gasteiger partial charge < -0.3 is 16.0 Å². The molecule has 3 aromatic rings. The number of hydrogen-bond acceptors (Lipinski definition) is 4. The Morgan fingerprint density at radius 3 is 1.97 bits per heavy atom. The van der Waals surface area contributed by atoms with Gasteiger partial charge in [0.1, 0.15) is 0 Å². The standard InChI is InChI=1S/C23H21N3O3/c1-16(27)18-11-5-8-14-21(18)26-22(28)15-24-20-13-7-6-12-19(20)23(29)25-17-9-3-2-4-10-17/h2-14,24H,15H2,1H3,(H,25,29)(H,26,28). The summed E-state index contributed by atoms with van der Waals surface area (Å²) in [5.74, 6) is -0.726. The SMILES string of the molecule is CC(=O)c1ccccc1NC(=O)CNc1ccccc1C(=O)Nc1ccccc1. The monoisotopic (exact) mass is 387 g/mol. The van der Waals surface area contributed by atoms with Crippen LogP contribution >= 0.6 is 0 Å². The third-order valence-electron chi connectivity index (χ3n) is 4.22. The van der Waals surface area contributed by atoms with Gasteiger partial charge in [-0.15, -0.1) is 0 Å². The van der Waals surface area contributed by atoms with Crippen molar-refractivity contribution in [1.29, 1.82) is 0 Å². The number of amides is 2. The van der Waals surface area contributed by atoms with Gasteiger partial charge in [0.25, 0.3) is 5.91 Å². The second-order valence-electron chi connectivity index (χ2n) is 6.37. The van der Waals surface area contributed by atoms with E-state index in [0.717, 1.165) is 0 Å². The lowest BCUT2D eigenvalue weighted by atomic mass is 10.1. The summed E-state index contributed by atoms with van der Waals surface area (Å²) >= 11 is 0. The second kappa shape index (κ2) is 9.32. The van der Waals surface area contributed by atoms with Crippen molar-refractivity contribution in [3.05, 3.63) is 90.0 Å². The van der Waals surface area contributed by atoms with Gasteiger partial charge in [0.15, 0.2) is 5.78 Å². The fourth-order valence-electron chi connectivity index (χ4n) is 2.82. The summed E-state index contributed by atoms with van der Waals surface area (Å²) < 4.78 is 0. The van der Waals surface area contributed by atoms with Crippen molar-refractivity contribution in [3.8, 4) is 0 Å². The van der Waals surface area contributed by atoms with Gasteiger partial charge >= 0.3 is 0 Å². The Labute approximate surface area is 169 Å². The molecule has 146 valence electrons. The van der Waals surface area contributed by atoms with Crippen LogP contribution in [0.4, 0.5) is 17.1 Å². The van der Waals surface area contributed by atoms with E-state index in [1.54, 1.807) is 60.7 Å². The van der Waals surface area contributed by atoms with E-state index in [4.69, 9.17) is 0 Å². The van der Waals surface area contributed by atoms with E-state index in [1.807, 2.05) is 18.2 Å². The number of rotatable bonds is 7. The zero-order chi connectivity index (χ0) is 20.6. The zero-order valence-corrected chi connectivity index (χ0v) is 15.9. The van der Waals surface area contributed by atoms with Gasteiger partial charge in [-0.2, -0.15) is 0 Å². The minimum Gasteiger partial charge on any atom is -0.376 e. The lowest BCUT2D eigenvalue weighted by Gasteiger charge is -2.13. The van der Waals surface area contributed by atoms with Crippen molar-refractivity contribution < 1.29 is 14.4 Å². The fourth-order valence-corrected chi connectivity index (χ4v) is 2.82. The lowest BCUT2D eigenvalue weighted by molar-refractivity contribution is -0.114. The summed E-state index contributed by atoms with van der Waals surface area (Å²) in [5, 5.41) is 8.55. The Morgan fingerprint density at radius 2 is 1.28 bits per heavy atom. The zero-order valence-electron chi connectivity index (χ0n) is 15.9. The molecule has 0 aliphatic carbocycles. The summed E-state index contributed by atoms with van der Waals surface area (Å²) in [6, 6.07) is 22.9. The van der Waals surface area contributed by atoms with Crippen LogP contribution in [-0.2, 0) is 4.79 Å². The van der Waals surface area contributed by atoms with Gasteiger partial charge in [-0.05, 0) is 43.3 Å². The number of ketones is 1. The maximum absolute atomic E-state index is 12.6. The first-order valence-corrected chi connectivity index (χ1v) is 9.13. The normalized spacial score (nSPS) is 10.1. The molecule has 0 saturated carbocycles. The number of hydrogen-bond donors (Lipinski definition) is 3. The Kier molecular flexibility index (Phi) is 6.37. The minimum absolute atomic E-state index is 0.0537. The summed E-state index contributed by atoms with van der Waals surface area (Å²) in [4.78, 5) is 36.6. The first-order chi connectivity index (χ1) is 14.0. The van der Waals surface area contributed by atoms with Gasteiger partial charge in [0.05, 0.1) is 17.8 Å². The van der Waals surface area contributed by atoms with E-state index >= 15 is 0 Å². The van der Waals surface area contributed by atoms with E-state index in [0.29, 0.717) is 28.2 Å². The Morgan fingerprint density at radius 1 is 0.690 bits per heavy atom. The summed E-state index contributed by atoms with van der Waals surface area (Å²) in [7, 11) is 0. The largest absolute Gasteiger partial charge is 0.376 e. The molecule has 6 heteroatoms. The molecule has 29 heavy (non-hydrogen) atoms. The molecule has 0 heterocycles. The number of benzene rings is 3. The number of para-hydroxylation sites is 3. The fraction of sp³-hybridized carbons (Fsp3) is 0.0870. The molecule has 0 aliphatic rings. The summed E-state index contributed by atoms with van der Waals surface area (Å²) in [6.45, 7) is 1.40. The van der Waals surface area contributed by atoms with Crippen molar-refractivity contribution in [3.63, 3.8) is 0 Å². The first-order valence-electron chi connectivity index (χ1n) is 9.13. The highest BCUT2D eigenvalue weighted by Crippen LogP contribution is 2.18. The van der Waals surface area contributed by atoms with Gasteiger partial charge in [0.2, 0.25) is 5.91 Å². The Balaban J connectivity index is 1.66. The molecule has 6 nitrogen and oxygen atoms in total. The predicted octanol–water partition coefficient (Wildman–Crippen LogP) is 4.19. The highest BCUT2D eigenvalue weighted by atomic mass is 16.2. The van der Waals surface area contributed by atoms with E-state index in [-0.39, 0.29) is 24.1 Å². The number of carbonyl (C=O) groups is 3. The van der Waals surface area contributed by atoms with Gasteiger partial charge in [0, 0.05) is 16.9 Å². The van der Waals surface area contributed by atoms with Crippen LogP contribution in [-0.4, -0.2) is 24.1 Å². The summed E-state index contributed by atoms with van der Waals surface area (Å²) in [6.07, 6.45) is 0. The molecule has 0 atom stereocenters. The van der Waals surface area contributed by atoms with Crippen LogP contribution < -0.4 is 16.0 Å². The van der Waals surface area contributed by atoms with Crippen LogP contribution in [0, 0.1) is 0 Å². The average Bonchev–Trinajstić information content (AvgIpc) is 2.73. The van der Waals surface area contributed by atoms with Gasteiger partial charge in [-0.3, -0.25) is 14.4 Å². The molecule has 0 bridgehead atoms. The molecule has 3 N–H and O–H groups in total. The number of nitrogens with one attached hydrogen (secondary N) is 3. The topological polar surface area (TPSA) is 87.3 Å². The lowest BCUT2D eigenvalue weighted by Crippen LogP contribution is -2.24. The summed E-state index contributed by atoms with van der Waals surface area (Å²) in [5.41, 5.74) is 2.56. The molecule has 0 aliphatic heterocycles. The van der Waals surface area contributed by atoms with Crippen LogP contribution in [0.2, 0.25) is 0 Å². The van der Waals surface area contributed by atoms with Crippen LogP contribution in [0.1, 0.15) is 27.6 Å². The molecule has 0 aromatic heterocycles. The van der Waals surface area contributed by atoms with Gasteiger partial charge in [-0.1, -0.05) is 42.5 Å². The molecular weight excluding hydrogens is 366 g/mol. The first kappa shape index (κ1) is 19.8. The molecule has 0 saturated heterocycles. The number of anilines is 3. The highest BCUT2D eigenvalue weighted by Gasteiger charge is 2.13. The Hall–Kier alpha value is -3.93. The average molecular weight is 387 g/mol. The molecule has 3 aromatic carbocycles. The van der Waals surface area contributed by atoms with Crippen LogP contribution in [0.5, 0.6) is 0 Å². The third-order valence-corrected chi connectivity index (χ3v) is 4.22. The van der Waals surface area contributed by atoms with Gasteiger partial charge in [-0.25, -0.2) is 0 Å². The highest BCUT2D eigenvalue weighted by molar-refractivity contribution is 6.08. The van der Waals surface area contributed by atoms with Crippen LogP contribution in [0.15, 0.2) is 78.9 Å². The van der Waals surface area contributed by atoms with Crippen LogP contribution in [0.3, 0.4) is 0 Å². The minimum atomic E-state index is -0.322. The van der Waals surface area contributed by atoms with Crippen molar-refractivity contribution in [2.75, 3.05) is 22.5 Å². The molecule has 3 rings (SSSR count). The quantitative estimate of drug-likeness (QED) is 0.531.